The lowest BCUT2D eigenvalue weighted by molar-refractivity contribution is 0.131. The van der Waals surface area contributed by atoms with Crippen LogP contribution in [-0.4, -0.2) is 35.0 Å². The second-order valence-electron chi connectivity index (χ2n) is 7.65. The third-order valence-corrected chi connectivity index (χ3v) is 7.28. The maximum Gasteiger partial charge on any atom is 0.123 e. The van der Waals surface area contributed by atoms with Crippen molar-refractivity contribution in [2.24, 2.45) is 5.92 Å². The standard InChI is InChI=1S/C20H23FN2S/c21-17-6-4-15(5-7-17)19-11-16-12-22(13-18-3-1-10-24-18)14-20(16)8-2-9-23(19)20/h1,3-7,10,16,19H,2,8-9,11-14H2/t16-,19+,20+/m0/s1. The molecule has 4 heteroatoms. The summed E-state index contributed by atoms with van der Waals surface area (Å²) in [5.74, 6) is 0.630. The summed E-state index contributed by atoms with van der Waals surface area (Å²) in [6.07, 6.45) is 3.86. The molecule has 3 atom stereocenters. The van der Waals surface area contributed by atoms with Crippen LogP contribution in [0, 0.1) is 11.7 Å². The van der Waals surface area contributed by atoms with Gasteiger partial charge in [0.25, 0.3) is 0 Å². The third kappa shape index (κ3) is 2.27. The number of hydrogen-bond acceptors (Lipinski definition) is 3. The molecular weight excluding hydrogens is 319 g/mol. The lowest BCUT2D eigenvalue weighted by atomic mass is 9.86. The second kappa shape index (κ2) is 5.65. The number of nitrogens with zero attached hydrogens (tertiary/aromatic N) is 2. The van der Waals surface area contributed by atoms with Crippen molar-refractivity contribution in [3.05, 3.63) is 58.0 Å². The van der Waals surface area contributed by atoms with E-state index >= 15 is 0 Å². The molecule has 0 unspecified atom stereocenters. The number of rotatable bonds is 3. The predicted molar refractivity (Wildman–Crippen MR) is 95.5 cm³/mol. The fourth-order valence-electron chi connectivity index (χ4n) is 5.49. The fraction of sp³-hybridized carbons (Fsp3) is 0.500. The molecular formula is C20H23FN2S. The number of benzene rings is 1. The molecule has 0 saturated carbocycles. The topological polar surface area (TPSA) is 6.48 Å². The van der Waals surface area contributed by atoms with E-state index in [0.717, 1.165) is 12.5 Å². The largest absolute Gasteiger partial charge is 0.296 e. The normalized spacial score (nSPS) is 33.0. The highest BCUT2D eigenvalue weighted by molar-refractivity contribution is 7.09. The zero-order valence-corrected chi connectivity index (χ0v) is 14.6. The maximum absolute atomic E-state index is 13.3. The van der Waals surface area contributed by atoms with Crippen LogP contribution in [0.2, 0.25) is 0 Å². The Morgan fingerprint density at radius 2 is 2.08 bits per heavy atom. The van der Waals surface area contributed by atoms with Crippen molar-refractivity contribution in [1.82, 2.24) is 9.80 Å². The molecule has 1 aromatic carbocycles. The molecule has 1 aromatic heterocycles. The van der Waals surface area contributed by atoms with Crippen LogP contribution in [0.3, 0.4) is 0 Å². The molecule has 2 nitrogen and oxygen atoms in total. The maximum atomic E-state index is 13.3. The zero-order chi connectivity index (χ0) is 16.1. The molecule has 126 valence electrons. The Balaban J connectivity index is 1.38. The molecule has 0 aliphatic carbocycles. The Morgan fingerprint density at radius 3 is 2.88 bits per heavy atom. The Morgan fingerprint density at radius 1 is 1.21 bits per heavy atom. The summed E-state index contributed by atoms with van der Waals surface area (Å²) >= 11 is 1.87. The first kappa shape index (κ1) is 15.1. The smallest absolute Gasteiger partial charge is 0.123 e. The minimum absolute atomic E-state index is 0.129. The van der Waals surface area contributed by atoms with Gasteiger partial charge >= 0.3 is 0 Å². The highest BCUT2D eigenvalue weighted by Crippen LogP contribution is 2.55. The first-order chi connectivity index (χ1) is 11.7. The first-order valence-electron chi connectivity index (χ1n) is 9.01. The SMILES string of the molecule is Fc1ccc([C@H]2C[C@H]3CN(Cc4cccs4)C[C@]34CCCN24)cc1. The van der Waals surface area contributed by atoms with Crippen molar-refractivity contribution < 1.29 is 4.39 Å². The fourth-order valence-corrected chi connectivity index (χ4v) is 6.24. The number of halogens is 1. The highest BCUT2D eigenvalue weighted by Gasteiger charge is 2.59. The quantitative estimate of drug-likeness (QED) is 0.821. The van der Waals surface area contributed by atoms with Crippen molar-refractivity contribution >= 4 is 11.3 Å². The van der Waals surface area contributed by atoms with Gasteiger partial charge in [-0.25, -0.2) is 4.39 Å². The van der Waals surface area contributed by atoms with E-state index < -0.39 is 0 Å². The number of hydrogen-bond donors (Lipinski definition) is 0. The van der Waals surface area contributed by atoms with Gasteiger partial charge in [0.15, 0.2) is 0 Å². The summed E-state index contributed by atoms with van der Waals surface area (Å²) in [5, 5.41) is 2.18. The number of likely N-dealkylation sites (tertiary alicyclic amines) is 1. The van der Waals surface area contributed by atoms with E-state index in [1.54, 1.807) is 12.1 Å². The molecule has 4 heterocycles. The molecule has 5 rings (SSSR count). The van der Waals surface area contributed by atoms with E-state index in [2.05, 4.69) is 27.3 Å². The van der Waals surface area contributed by atoms with Crippen LogP contribution in [0.5, 0.6) is 0 Å². The minimum Gasteiger partial charge on any atom is -0.296 e. The van der Waals surface area contributed by atoms with Gasteiger partial charge in [-0.2, -0.15) is 0 Å². The predicted octanol–water partition coefficient (Wildman–Crippen LogP) is 4.30. The Labute approximate surface area is 146 Å². The Bertz CT molecular complexity index is 714. The molecule has 24 heavy (non-hydrogen) atoms. The van der Waals surface area contributed by atoms with Crippen molar-refractivity contribution in [1.29, 1.82) is 0 Å². The zero-order valence-electron chi connectivity index (χ0n) is 13.8. The van der Waals surface area contributed by atoms with Gasteiger partial charge < -0.3 is 0 Å². The van der Waals surface area contributed by atoms with Gasteiger partial charge in [-0.15, -0.1) is 11.3 Å². The molecule has 1 spiro atoms. The van der Waals surface area contributed by atoms with Crippen LogP contribution in [0.25, 0.3) is 0 Å². The number of thiophene rings is 1. The van der Waals surface area contributed by atoms with Crippen LogP contribution in [-0.2, 0) is 6.54 Å². The van der Waals surface area contributed by atoms with Gasteiger partial charge in [0, 0.05) is 36.1 Å². The second-order valence-corrected chi connectivity index (χ2v) is 8.68. The summed E-state index contributed by atoms with van der Waals surface area (Å²) in [6.45, 7) is 4.72. The molecule has 0 bridgehead atoms. The molecule has 3 saturated heterocycles. The van der Waals surface area contributed by atoms with E-state index in [1.807, 2.05) is 23.5 Å². The van der Waals surface area contributed by atoms with E-state index in [1.165, 1.54) is 49.3 Å². The Kier molecular flexibility index (Phi) is 3.55. The van der Waals surface area contributed by atoms with Crippen molar-refractivity contribution in [3.8, 4) is 0 Å². The molecule has 0 amide bonds. The molecule has 3 aliphatic rings. The van der Waals surface area contributed by atoms with Gasteiger partial charge in [0.05, 0.1) is 0 Å². The van der Waals surface area contributed by atoms with Gasteiger partial charge in [-0.05, 0) is 60.9 Å². The van der Waals surface area contributed by atoms with Gasteiger partial charge in [-0.3, -0.25) is 9.80 Å². The van der Waals surface area contributed by atoms with Crippen LogP contribution in [0.4, 0.5) is 4.39 Å². The van der Waals surface area contributed by atoms with Gasteiger partial charge in [0.1, 0.15) is 5.82 Å². The van der Waals surface area contributed by atoms with Crippen LogP contribution in [0.1, 0.15) is 35.7 Å². The molecule has 0 radical (unpaired) electrons. The molecule has 0 N–H and O–H groups in total. The van der Waals surface area contributed by atoms with Crippen molar-refractivity contribution in [2.75, 3.05) is 19.6 Å². The first-order valence-corrected chi connectivity index (χ1v) is 9.89. The van der Waals surface area contributed by atoms with E-state index in [9.17, 15) is 4.39 Å². The summed E-state index contributed by atoms with van der Waals surface area (Å²) < 4.78 is 13.3. The molecule has 3 aliphatic heterocycles. The highest BCUT2D eigenvalue weighted by atomic mass is 32.1. The van der Waals surface area contributed by atoms with E-state index in [0.29, 0.717) is 11.6 Å². The summed E-state index contributed by atoms with van der Waals surface area (Å²) in [5.41, 5.74) is 1.67. The van der Waals surface area contributed by atoms with Gasteiger partial charge in [0.2, 0.25) is 0 Å². The monoisotopic (exact) mass is 342 g/mol. The van der Waals surface area contributed by atoms with Crippen molar-refractivity contribution in [3.63, 3.8) is 0 Å². The van der Waals surface area contributed by atoms with Crippen molar-refractivity contribution in [2.45, 2.75) is 37.4 Å². The average Bonchev–Trinajstić information content (AvgIpc) is 3.31. The summed E-state index contributed by atoms with van der Waals surface area (Å²) in [7, 11) is 0. The van der Waals surface area contributed by atoms with Crippen LogP contribution in [0.15, 0.2) is 41.8 Å². The summed E-state index contributed by atoms with van der Waals surface area (Å²) in [4.78, 5) is 6.90. The lowest BCUT2D eigenvalue weighted by Crippen LogP contribution is -2.45. The molecule has 3 fully saturated rings. The van der Waals surface area contributed by atoms with E-state index in [4.69, 9.17) is 0 Å². The van der Waals surface area contributed by atoms with E-state index in [-0.39, 0.29) is 5.82 Å². The minimum atomic E-state index is -0.129. The third-order valence-electron chi connectivity index (χ3n) is 6.41. The summed E-state index contributed by atoms with van der Waals surface area (Å²) in [6, 6.07) is 12.1. The lowest BCUT2D eigenvalue weighted by Gasteiger charge is -2.35. The van der Waals surface area contributed by atoms with Crippen LogP contribution < -0.4 is 0 Å². The van der Waals surface area contributed by atoms with Gasteiger partial charge in [-0.1, -0.05) is 18.2 Å². The van der Waals surface area contributed by atoms with Crippen LogP contribution >= 0.6 is 11.3 Å². The Hall–Kier alpha value is -1.23. The average molecular weight is 342 g/mol. The molecule has 2 aromatic rings.